The SMILES string of the molecule is O=C(c1occc1-c1ccccc1)N1CCC[C@H](c2nn[nH]n2)C1. The number of nitrogens with zero attached hydrogens (tertiary/aromatic N) is 4. The van der Waals surface area contributed by atoms with Crippen LogP contribution in [0.4, 0.5) is 0 Å². The predicted octanol–water partition coefficient (Wildman–Crippen LogP) is 2.48. The van der Waals surface area contributed by atoms with Crippen molar-refractivity contribution in [2.75, 3.05) is 13.1 Å². The molecule has 0 saturated carbocycles. The van der Waals surface area contributed by atoms with Crippen LogP contribution in [0, 0.1) is 0 Å². The molecule has 1 saturated heterocycles. The van der Waals surface area contributed by atoms with E-state index in [2.05, 4.69) is 20.6 Å². The second kappa shape index (κ2) is 6.27. The average molecular weight is 323 g/mol. The first-order chi connectivity index (χ1) is 11.8. The Hall–Kier alpha value is -2.96. The number of piperidine rings is 1. The van der Waals surface area contributed by atoms with Gasteiger partial charge in [-0.15, -0.1) is 10.2 Å². The zero-order chi connectivity index (χ0) is 16.4. The number of aromatic nitrogens is 4. The number of hydrogen-bond acceptors (Lipinski definition) is 5. The van der Waals surface area contributed by atoms with Gasteiger partial charge in [-0.1, -0.05) is 35.5 Å². The number of likely N-dealkylation sites (tertiary alicyclic amines) is 1. The quantitative estimate of drug-likeness (QED) is 0.800. The Bertz CT molecular complexity index is 813. The number of hydrogen-bond donors (Lipinski definition) is 1. The Morgan fingerprint density at radius 1 is 1.25 bits per heavy atom. The highest BCUT2D eigenvalue weighted by atomic mass is 16.3. The maximum Gasteiger partial charge on any atom is 0.290 e. The van der Waals surface area contributed by atoms with E-state index in [-0.39, 0.29) is 11.8 Å². The van der Waals surface area contributed by atoms with E-state index < -0.39 is 0 Å². The van der Waals surface area contributed by atoms with E-state index in [0.29, 0.717) is 24.7 Å². The third-order valence-corrected chi connectivity index (χ3v) is 4.38. The van der Waals surface area contributed by atoms with Gasteiger partial charge in [0.15, 0.2) is 11.6 Å². The lowest BCUT2D eigenvalue weighted by Gasteiger charge is -2.30. The molecule has 1 aliphatic rings. The number of tetrazole rings is 1. The van der Waals surface area contributed by atoms with Crippen LogP contribution in [0.3, 0.4) is 0 Å². The molecule has 3 aromatic rings. The molecule has 0 unspecified atom stereocenters. The van der Waals surface area contributed by atoms with Gasteiger partial charge in [0, 0.05) is 24.6 Å². The lowest BCUT2D eigenvalue weighted by molar-refractivity contribution is 0.0673. The van der Waals surface area contributed by atoms with E-state index in [0.717, 1.165) is 24.0 Å². The maximum atomic E-state index is 12.9. The molecule has 0 radical (unpaired) electrons. The lowest BCUT2D eigenvalue weighted by atomic mass is 9.96. The molecule has 0 bridgehead atoms. The van der Waals surface area contributed by atoms with Crippen LogP contribution >= 0.6 is 0 Å². The van der Waals surface area contributed by atoms with Gasteiger partial charge in [-0.2, -0.15) is 5.21 Å². The number of nitrogens with one attached hydrogen (secondary N) is 1. The van der Waals surface area contributed by atoms with Gasteiger partial charge in [-0.05, 0) is 24.5 Å². The molecule has 1 atom stereocenters. The van der Waals surface area contributed by atoms with Gasteiger partial charge in [-0.25, -0.2) is 0 Å². The summed E-state index contributed by atoms with van der Waals surface area (Å²) in [6, 6.07) is 11.6. The van der Waals surface area contributed by atoms with Gasteiger partial charge in [0.1, 0.15) is 0 Å². The summed E-state index contributed by atoms with van der Waals surface area (Å²) in [6.45, 7) is 1.29. The van der Waals surface area contributed by atoms with E-state index in [9.17, 15) is 4.79 Å². The minimum atomic E-state index is -0.0907. The third-order valence-electron chi connectivity index (χ3n) is 4.38. The molecule has 1 N–H and O–H groups in total. The molecule has 1 amide bonds. The van der Waals surface area contributed by atoms with E-state index in [1.807, 2.05) is 41.3 Å². The molecule has 1 aliphatic heterocycles. The van der Waals surface area contributed by atoms with Crippen molar-refractivity contribution in [3.63, 3.8) is 0 Å². The number of furan rings is 1. The maximum absolute atomic E-state index is 12.9. The molecule has 7 heteroatoms. The molecule has 4 rings (SSSR count). The fourth-order valence-corrected chi connectivity index (χ4v) is 3.18. The average Bonchev–Trinajstić information content (AvgIpc) is 3.34. The molecule has 3 heterocycles. The van der Waals surface area contributed by atoms with Crippen molar-refractivity contribution in [3.8, 4) is 11.1 Å². The second-order valence-corrected chi connectivity index (χ2v) is 5.89. The van der Waals surface area contributed by atoms with Crippen LogP contribution in [0.5, 0.6) is 0 Å². The molecule has 0 spiro atoms. The number of H-pyrrole nitrogens is 1. The highest BCUT2D eigenvalue weighted by Gasteiger charge is 2.30. The standard InChI is InChI=1S/C17H17N5O2/c23-17(15-14(8-10-24-15)12-5-2-1-3-6-12)22-9-4-7-13(11-22)16-18-20-21-19-16/h1-3,5-6,8,10,13H,4,7,9,11H2,(H,18,19,20,21)/t13-/m0/s1. The second-order valence-electron chi connectivity index (χ2n) is 5.89. The number of aromatic amines is 1. The van der Waals surface area contributed by atoms with Crippen molar-refractivity contribution in [1.29, 1.82) is 0 Å². The van der Waals surface area contributed by atoms with E-state index in [4.69, 9.17) is 4.42 Å². The van der Waals surface area contributed by atoms with Gasteiger partial charge in [0.25, 0.3) is 5.91 Å². The highest BCUT2D eigenvalue weighted by molar-refractivity contribution is 5.98. The van der Waals surface area contributed by atoms with Gasteiger partial charge in [0.05, 0.1) is 6.26 Å². The predicted molar refractivity (Wildman–Crippen MR) is 86.2 cm³/mol. The lowest BCUT2D eigenvalue weighted by Crippen LogP contribution is -2.39. The first-order valence-electron chi connectivity index (χ1n) is 7.98. The van der Waals surface area contributed by atoms with Crippen molar-refractivity contribution in [2.24, 2.45) is 0 Å². The van der Waals surface area contributed by atoms with Crippen molar-refractivity contribution >= 4 is 5.91 Å². The molecular formula is C17H17N5O2. The van der Waals surface area contributed by atoms with Gasteiger partial charge in [-0.3, -0.25) is 4.79 Å². The molecular weight excluding hydrogens is 306 g/mol. The summed E-state index contributed by atoms with van der Waals surface area (Å²) in [5, 5.41) is 14.2. The molecule has 1 fully saturated rings. The fraction of sp³-hybridized carbons (Fsp3) is 0.294. The van der Waals surface area contributed by atoms with Gasteiger partial charge < -0.3 is 9.32 Å². The van der Waals surface area contributed by atoms with Crippen molar-refractivity contribution < 1.29 is 9.21 Å². The summed E-state index contributed by atoms with van der Waals surface area (Å²) < 4.78 is 5.52. The molecule has 122 valence electrons. The minimum Gasteiger partial charge on any atom is -0.459 e. The summed E-state index contributed by atoms with van der Waals surface area (Å²) in [4.78, 5) is 14.8. The van der Waals surface area contributed by atoms with E-state index >= 15 is 0 Å². The zero-order valence-electron chi connectivity index (χ0n) is 13.1. The van der Waals surface area contributed by atoms with E-state index in [1.165, 1.54) is 0 Å². The summed E-state index contributed by atoms with van der Waals surface area (Å²) in [5.41, 5.74) is 1.80. The number of rotatable bonds is 3. The topological polar surface area (TPSA) is 87.9 Å². The van der Waals surface area contributed by atoms with Gasteiger partial charge in [0.2, 0.25) is 0 Å². The summed E-state index contributed by atoms with van der Waals surface area (Å²) in [7, 11) is 0. The van der Waals surface area contributed by atoms with Crippen LogP contribution in [0.2, 0.25) is 0 Å². The molecule has 1 aromatic carbocycles. The Morgan fingerprint density at radius 2 is 2.12 bits per heavy atom. The highest BCUT2D eigenvalue weighted by Crippen LogP contribution is 2.29. The van der Waals surface area contributed by atoms with Crippen LogP contribution < -0.4 is 0 Å². The van der Waals surface area contributed by atoms with Crippen LogP contribution in [-0.4, -0.2) is 44.5 Å². The number of carbonyl (C=O) groups is 1. The number of benzene rings is 1. The third kappa shape index (κ3) is 2.68. The normalized spacial score (nSPS) is 17.8. The molecule has 0 aliphatic carbocycles. The Morgan fingerprint density at radius 3 is 2.92 bits per heavy atom. The fourth-order valence-electron chi connectivity index (χ4n) is 3.18. The summed E-state index contributed by atoms with van der Waals surface area (Å²) in [5.74, 6) is 1.06. The minimum absolute atomic E-state index is 0.0907. The van der Waals surface area contributed by atoms with Crippen LogP contribution in [0.15, 0.2) is 47.1 Å². The Labute approximate surface area is 138 Å². The van der Waals surface area contributed by atoms with Crippen molar-refractivity contribution in [3.05, 3.63) is 54.2 Å². The van der Waals surface area contributed by atoms with Crippen molar-refractivity contribution in [2.45, 2.75) is 18.8 Å². The molecule has 2 aromatic heterocycles. The molecule has 7 nitrogen and oxygen atoms in total. The Kier molecular flexibility index (Phi) is 3.82. The number of amides is 1. The zero-order valence-corrected chi connectivity index (χ0v) is 13.1. The Balaban J connectivity index is 1.57. The largest absolute Gasteiger partial charge is 0.459 e. The van der Waals surface area contributed by atoms with Gasteiger partial charge >= 0.3 is 0 Å². The summed E-state index contributed by atoms with van der Waals surface area (Å²) >= 11 is 0. The summed E-state index contributed by atoms with van der Waals surface area (Å²) in [6.07, 6.45) is 3.43. The first-order valence-corrected chi connectivity index (χ1v) is 7.98. The van der Waals surface area contributed by atoms with Crippen LogP contribution in [0.1, 0.15) is 35.1 Å². The van der Waals surface area contributed by atoms with E-state index in [1.54, 1.807) is 6.26 Å². The monoisotopic (exact) mass is 323 g/mol. The number of carbonyl (C=O) groups excluding carboxylic acids is 1. The van der Waals surface area contributed by atoms with Crippen molar-refractivity contribution in [1.82, 2.24) is 25.5 Å². The van der Waals surface area contributed by atoms with Crippen LogP contribution in [-0.2, 0) is 0 Å². The molecule has 24 heavy (non-hydrogen) atoms. The van der Waals surface area contributed by atoms with Crippen LogP contribution in [0.25, 0.3) is 11.1 Å². The first kappa shape index (κ1) is 14.6. The smallest absolute Gasteiger partial charge is 0.290 e.